The second-order valence-electron chi connectivity index (χ2n) is 6.33. The van der Waals surface area contributed by atoms with E-state index in [0.717, 1.165) is 30.0 Å². The van der Waals surface area contributed by atoms with Crippen LogP contribution in [0.5, 0.6) is 0 Å². The Morgan fingerprint density at radius 2 is 1.96 bits per heavy atom. The van der Waals surface area contributed by atoms with Gasteiger partial charge in [-0.15, -0.1) is 0 Å². The van der Waals surface area contributed by atoms with E-state index in [9.17, 15) is 4.79 Å². The van der Waals surface area contributed by atoms with Crippen LogP contribution in [-0.4, -0.2) is 38.5 Å². The highest BCUT2D eigenvalue weighted by Gasteiger charge is 2.20. The van der Waals surface area contributed by atoms with E-state index in [2.05, 4.69) is 17.3 Å². The van der Waals surface area contributed by atoms with Crippen LogP contribution in [0.15, 0.2) is 18.3 Å². The van der Waals surface area contributed by atoms with E-state index in [1.54, 1.807) is 10.9 Å². The third-order valence-corrected chi connectivity index (χ3v) is 4.42. The Balaban J connectivity index is 2.19. The lowest BCUT2D eigenvalue weighted by molar-refractivity contribution is 0.0943. The maximum Gasteiger partial charge on any atom is 0.256 e. The second kappa shape index (κ2) is 8.15. The van der Waals surface area contributed by atoms with Crippen LogP contribution in [0.2, 0.25) is 0 Å². The molecule has 2 N–H and O–H groups in total. The van der Waals surface area contributed by atoms with Crippen molar-refractivity contribution in [1.29, 1.82) is 0 Å². The van der Waals surface area contributed by atoms with E-state index in [-0.39, 0.29) is 12.5 Å². The van der Waals surface area contributed by atoms with Gasteiger partial charge in [-0.1, -0.05) is 13.3 Å². The molecule has 2 heterocycles. The van der Waals surface area contributed by atoms with Gasteiger partial charge in [-0.05, 0) is 44.7 Å². The highest BCUT2D eigenvalue weighted by atomic mass is 16.3. The van der Waals surface area contributed by atoms with Gasteiger partial charge in [0, 0.05) is 31.6 Å². The molecular weight excluding hydrogens is 304 g/mol. The molecule has 0 saturated heterocycles. The molecule has 6 nitrogen and oxygen atoms in total. The van der Waals surface area contributed by atoms with Crippen molar-refractivity contribution in [3.63, 3.8) is 0 Å². The highest BCUT2D eigenvalue weighted by Crippen LogP contribution is 2.20. The first-order chi connectivity index (χ1) is 11.5. The average molecular weight is 332 g/mol. The highest BCUT2D eigenvalue weighted by molar-refractivity contribution is 5.97. The van der Waals surface area contributed by atoms with Gasteiger partial charge >= 0.3 is 0 Å². The van der Waals surface area contributed by atoms with E-state index in [4.69, 9.17) is 5.11 Å². The van der Waals surface area contributed by atoms with E-state index < -0.39 is 0 Å². The molecule has 0 aliphatic carbocycles. The smallest absolute Gasteiger partial charge is 0.256 e. The molecule has 0 aromatic carbocycles. The van der Waals surface area contributed by atoms with Crippen LogP contribution in [0.4, 0.5) is 0 Å². The van der Waals surface area contributed by atoms with Crippen LogP contribution < -0.4 is 5.32 Å². The molecule has 0 aliphatic heterocycles. The SMILES string of the molecule is CCCC(CCO)CNC(=O)c1cnn(C)c1-n1c(C)ccc1C. The molecule has 1 amide bonds. The van der Waals surface area contributed by atoms with Crippen molar-refractivity contribution < 1.29 is 9.90 Å². The third kappa shape index (κ3) is 3.87. The van der Waals surface area contributed by atoms with Gasteiger partial charge in [0.25, 0.3) is 5.91 Å². The molecule has 0 aliphatic rings. The summed E-state index contributed by atoms with van der Waals surface area (Å²) in [5, 5.41) is 16.4. The minimum absolute atomic E-state index is 0.121. The van der Waals surface area contributed by atoms with Gasteiger partial charge in [-0.2, -0.15) is 5.10 Å². The fourth-order valence-electron chi connectivity index (χ4n) is 3.13. The van der Waals surface area contributed by atoms with Crippen molar-refractivity contribution in [2.24, 2.45) is 13.0 Å². The van der Waals surface area contributed by atoms with Crippen molar-refractivity contribution in [1.82, 2.24) is 19.7 Å². The quantitative estimate of drug-likeness (QED) is 0.779. The first-order valence-electron chi connectivity index (χ1n) is 8.55. The number of hydrogen-bond acceptors (Lipinski definition) is 3. The lowest BCUT2D eigenvalue weighted by Crippen LogP contribution is -2.30. The molecule has 2 aromatic rings. The van der Waals surface area contributed by atoms with Gasteiger partial charge in [0.05, 0.1) is 6.20 Å². The maximum absolute atomic E-state index is 12.7. The molecule has 0 spiro atoms. The van der Waals surface area contributed by atoms with E-state index >= 15 is 0 Å². The monoisotopic (exact) mass is 332 g/mol. The Bertz CT molecular complexity index is 662. The van der Waals surface area contributed by atoms with Gasteiger partial charge in [0.2, 0.25) is 0 Å². The summed E-state index contributed by atoms with van der Waals surface area (Å²) in [6, 6.07) is 4.06. The summed E-state index contributed by atoms with van der Waals surface area (Å²) < 4.78 is 3.77. The minimum atomic E-state index is -0.121. The molecule has 1 atom stereocenters. The Hall–Kier alpha value is -2.08. The van der Waals surface area contributed by atoms with Crippen LogP contribution in [0.25, 0.3) is 5.82 Å². The number of aryl methyl sites for hydroxylation is 3. The molecule has 6 heteroatoms. The summed E-state index contributed by atoms with van der Waals surface area (Å²) in [6.45, 7) is 6.87. The van der Waals surface area contributed by atoms with Gasteiger partial charge in [0.1, 0.15) is 11.4 Å². The summed E-state index contributed by atoms with van der Waals surface area (Å²) in [6.07, 6.45) is 4.37. The number of aromatic nitrogens is 3. The molecule has 24 heavy (non-hydrogen) atoms. The topological polar surface area (TPSA) is 72.1 Å². The summed E-state index contributed by atoms with van der Waals surface area (Å²) in [5.41, 5.74) is 2.70. The van der Waals surface area contributed by atoms with Crippen LogP contribution in [-0.2, 0) is 7.05 Å². The van der Waals surface area contributed by atoms with Gasteiger partial charge in [-0.25, -0.2) is 0 Å². The number of carbonyl (C=O) groups is 1. The molecule has 0 saturated carbocycles. The summed E-state index contributed by atoms with van der Waals surface area (Å²) >= 11 is 0. The Morgan fingerprint density at radius 3 is 2.54 bits per heavy atom. The Morgan fingerprint density at radius 1 is 1.29 bits per heavy atom. The molecule has 0 radical (unpaired) electrons. The standard InChI is InChI=1S/C18H28N4O2/c1-5-6-15(9-10-23)11-19-17(24)16-12-20-21(4)18(16)22-13(2)7-8-14(22)3/h7-8,12,15,23H,5-6,9-11H2,1-4H3,(H,19,24). The largest absolute Gasteiger partial charge is 0.396 e. The molecule has 132 valence electrons. The number of amides is 1. The van der Waals surface area contributed by atoms with E-state index in [0.29, 0.717) is 24.4 Å². The van der Waals surface area contributed by atoms with Crippen molar-refractivity contribution >= 4 is 5.91 Å². The second-order valence-corrected chi connectivity index (χ2v) is 6.33. The first kappa shape index (κ1) is 18.3. The fourth-order valence-corrected chi connectivity index (χ4v) is 3.13. The van der Waals surface area contributed by atoms with Gasteiger partial charge < -0.3 is 15.0 Å². The number of carbonyl (C=O) groups excluding carboxylic acids is 1. The number of aliphatic hydroxyl groups excluding tert-OH is 1. The lowest BCUT2D eigenvalue weighted by atomic mass is 10.0. The summed E-state index contributed by atoms with van der Waals surface area (Å²) in [5.74, 6) is 0.963. The van der Waals surface area contributed by atoms with Crippen molar-refractivity contribution in [2.45, 2.75) is 40.0 Å². The van der Waals surface area contributed by atoms with Crippen LogP contribution in [0.3, 0.4) is 0 Å². The molecule has 2 rings (SSSR count). The Labute approximate surface area is 143 Å². The lowest BCUT2D eigenvalue weighted by Gasteiger charge is -2.16. The van der Waals surface area contributed by atoms with Crippen LogP contribution in [0, 0.1) is 19.8 Å². The number of nitrogens with zero attached hydrogens (tertiary/aromatic N) is 3. The maximum atomic E-state index is 12.7. The fraction of sp³-hybridized carbons (Fsp3) is 0.556. The number of aliphatic hydroxyl groups is 1. The first-order valence-corrected chi connectivity index (χ1v) is 8.55. The van der Waals surface area contributed by atoms with Gasteiger partial charge in [-0.3, -0.25) is 9.48 Å². The predicted molar refractivity (Wildman–Crippen MR) is 94.4 cm³/mol. The third-order valence-electron chi connectivity index (χ3n) is 4.42. The normalized spacial score (nSPS) is 12.4. The van der Waals surface area contributed by atoms with Gasteiger partial charge in [0.15, 0.2) is 0 Å². The Kier molecular flexibility index (Phi) is 6.20. The molecule has 1 unspecified atom stereocenters. The van der Waals surface area contributed by atoms with Crippen LogP contribution >= 0.6 is 0 Å². The zero-order valence-electron chi connectivity index (χ0n) is 15.0. The molecular formula is C18H28N4O2. The van der Waals surface area contributed by atoms with Crippen LogP contribution in [0.1, 0.15) is 47.9 Å². The molecule has 2 aromatic heterocycles. The minimum Gasteiger partial charge on any atom is -0.396 e. The summed E-state index contributed by atoms with van der Waals surface area (Å²) in [4.78, 5) is 12.7. The summed E-state index contributed by atoms with van der Waals surface area (Å²) in [7, 11) is 1.84. The van der Waals surface area contributed by atoms with Crippen molar-refractivity contribution in [2.75, 3.05) is 13.2 Å². The van der Waals surface area contributed by atoms with Crippen molar-refractivity contribution in [3.05, 3.63) is 35.3 Å². The number of rotatable bonds is 8. The average Bonchev–Trinajstić information content (AvgIpc) is 3.07. The van der Waals surface area contributed by atoms with Crippen molar-refractivity contribution in [3.8, 4) is 5.82 Å². The number of nitrogens with one attached hydrogen (secondary N) is 1. The predicted octanol–water partition coefficient (Wildman–Crippen LogP) is 2.36. The molecule has 0 fully saturated rings. The zero-order chi connectivity index (χ0) is 17.7. The number of hydrogen-bond donors (Lipinski definition) is 2. The van der Waals surface area contributed by atoms with E-state index in [1.807, 2.05) is 37.6 Å². The molecule has 0 bridgehead atoms. The van der Waals surface area contributed by atoms with E-state index in [1.165, 1.54) is 0 Å². The zero-order valence-corrected chi connectivity index (χ0v) is 15.0.